The maximum Gasteiger partial charge on any atom is 0.261 e. The van der Waals surface area contributed by atoms with Crippen molar-refractivity contribution in [2.45, 2.75) is 38.3 Å². The number of para-hydroxylation sites is 1. The van der Waals surface area contributed by atoms with Crippen LogP contribution in [-0.2, 0) is 23.1 Å². The molecule has 200 valence electrons. The van der Waals surface area contributed by atoms with Crippen LogP contribution < -0.4 is 21.1 Å². The molecule has 1 aromatic carbocycles. The minimum absolute atomic E-state index is 0.0254. The third kappa shape index (κ3) is 4.15. The summed E-state index contributed by atoms with van der Waals surface area (Å²) in [5.74, 6) is 0.462. The second-order valence-electron chi connectivity index (χ2n) is 10.8. The molecule has 2 N–H and O–H groups in total. The van der Waals surface area contributed by atoms with E-state index in [0.717, 1.165) is 67.9 Å². The van der Waals surface area contributed by atoms with Crippen LogP contribution in [-0.4, -0.2) is 45.5 Å². The van der Waals surface area contributed by atoms with Crippen LogP contribution in [0.4, 0.5) is 22.9 Å². The largest absolute Gasteiger partial charge is 0.381 e. The van der Waals surface area contributed by atoms with E-state index in [0.29, 0.717) is 28.5 Å². The van der Waals surface area contributed by atoms with Crippen molar-refractivity contribution in [3.63, 3.8) is 0 Å². The normalized spacial score (nSPS) is 17.1. The molecule has 0 radical (unpaired) electrons. The van der Waals surface area contributed by atoms with Crippen LogP contribution in [0.2, 0.25) is 0 Å². The zero-order valence-corrected chi connectivity index (χ0v) is 22.1. The molecule has 39 heavy (non-hydrogen) atoms. The Hall–Kier alpha value is -4.18. The molecule has 10 heteroatoms. The van der Waals surface area contributed by atoms with Gasteiger partial charge in [0.25, 0.3) is 5.56 Å². The molecule has 3 aromatic heterocycles. The van der Waals surface area contributed by atoms with Crippen molar-refractivity contribution < 1.29 is 9.53 Å². The summed E-state index contributed by atoms with van der Waals surface area (Å²) in [4.78, 5) is 32.6. The van der Waals surface area contributed by atoms with Gasteiger partial charge in [0.15, 0.2) is 0 Å². The van der Waals surface area contributed by atoms with Crippen LogP contribution >= 0.6 is 0 Å². The number of carbonyl (C=O) groups excluding carboxylic acids is 1. The molecule has 2 aliphatic heterocycles. The summed E-state index contributed by atoms with van der Waals surface area (Å²) in [6, 6.07) is 10.1. The number of anilines is 4. The van der Waals surface area contributed by atoms with Crippen LogP contribution in [0.15, 0.2) is 47.5 Å². The lowest BCUT2D eigenvalue weighted by molar-refractivity contribution is -0.117. The zero-order valence-electron chi connectivity index (χ0n) is 22.1. The molecule has 5 heterocycles. The Morgan fingerprint density at radius 2 is 1.87 bits per heavy atom. The number of rotatable bonds is 5. The minimum atomic E-state index is -0.152. The SMILES string of the molecule is CN1Cc2c(cnn2C2CCOCC2)-c2cccc(Nc3cc(NC(=O)C4CC4)nc4ccn(C)c(=O)c34)c21. The molecule has 1 saturated heterocycles. The van der Waals surface area contributed by atoms with Crippen molar-refractivity contribution >= 4 is 39.7 Å². The Kier molecular flexibility index (Phi) is 5.66. The molecule has 1 saturated carbocycles. The highest BCUT2D eigenvalue weighted by molar-refractivity contribution is 6.00. The van der Waals surface area contributed by atoms with E-state index in [2.05, 4.69) is 38.3 Å². The number of hydrogen-bond donors (Lipinski definition) is 2. The number of nitrogens with zero attached hydrogens (tertiary/aromatic N) is 5. The number of pyridine rings is 2. The smallest absolute Gasteiger partial charge is 0.261 e. The van der Waals surface area contributed by atoms with Crippen molar-refractivity contribution in [2.24, 2.45) is 13.0 Å². The van der Waals surface area contributed by atoms with Gasteiger partial charge in [0.05, 0.1) is 52.4 Å². The van der Waals surface area contributed by atoms with Gasteiger partial charge in [-0.2, -0.15) is 5.10 Å². The summed E-state index contributed by atoms with van der Waals surface area (Å²) in [6.45, 7) is 2.25. The van der Waals surface area contributed by atoms with Gasteiger partial charge in [-0.25, -0.2) is 4.98 Å². The summed E-state index contributed by atoms with van der Waals surface area (Å²) in [5.41, 5.74) is 6.34. The summed E-state index contributed by atoms with van der Waals surface area (Å²) < 4.78 is 9.30. The zero-order chi connectivity index (χ0) is 26.7. The first-order valence-corrected chi connectivity index (χ1v) is 13.5. The van der Waals surface area contributed by atoms with Gasteiger partial charge in [0, 0.05) is 56.6 Å². The van der Waals surface area contributed by atoms with Gasteiger partial charge >= 0.3 is 0 Å². The lowest BCUT2D eigenvalue weighted by Gasteiger charge is -2.32. The summed E-state index contributed by atoms with van der Waals surface area (Å²) in [5, 5.41) is 11.8. The van der Waals surface area contributed by atoms with Gasteiger partial charge in [-0.15, -0.1) is 0 Å². The Balaban J connectivity index is 1.31. The maximum atomic E-state index is 13.2. The molecule has 1 aliphatic carbocycles. The first-order chi connectivity index (χ1) is 19.0. The lowest BCUT2D eigenvalue weighted by Crippen LogP contribution is -2.28. The Morgan fingerprint density at radius 1 is 1.05 bits per heavy atom. The van der Waals surface area contributed by atoms with E-state index in [1.165, 1.54) is 5.69 Å². The molecule has 0 bridgehead atoms. The van der Waals surface area contributed by atoms with Crippen molar-refractivity contribution in [3.05, 3.63) is 58.8 Å². The molecule has 1 amide bonds. The van der Waals surface area contributed by atoms with E-state index in [1.54, 1.807) is 29.9 Å². The highest BCUT2D eigenvalue weighted by Crippen LogP contribution is 2.45. The summed E-state index contributed by atoms with van der Waals surface area (Å²) >= 11 is 0. The van der Waals surface area contributed by atoms with E-state index < -0.39 is 0 Å². The molecule has 3 aliphatic rings. The van der Waals surface area contributed by atoms with Gasteiger partial charge in [-0.05, 0) is 37.8 Å². The maximum absolute atomic E-state index is 13.2. The minimum Gasteiger partial charge on any atom is -0.381 e. The highest BCUT2D eigenvalue weighted by Gasteiger charge is 2.31. The monoisotopic (exact) mass is 525 g/mol. The lowest BCUT2D eigenvalue weighted by atomic mass is 9.97. The fraction of sp³-hybridized carbons (Fsp3) is 0.379. The Bertz CT molecular complexity index is 1660. The molecular formula is C29H31N7O3. The standard InChI is InChI=1S/C29H31N7O3/c1-34-11-8-21-26(29(34)38)23(14-25(32-21)33-28(37)17-6-7-17)31-22-5-3-4-19-20-15-30-36(18-9-12-39-13-10-18)24(20)16-35(2)27(19)22/h3-5,8,11,14-15,17-18H,6-7,9-10,12-13,16H2,1-2H3,(H2,31,32,33,37). The number of aryl methyl sites for hydroxylation is 1. The predicted octanol–water partition coefficient (Wildman–Crippen LogP) is 4.19. The van der Waals surface area contributed by atoms with Crippen LogP contribution in [0.25, 0.3) is 22.0 Å². The number of hydrogen-bond acceptors (Lipinski definition) is 7. The quantitative estimate of drug-likeness (QED) is 0.402. The molecule has 0 atom stereocenters. The number of fused-ring (bicyclic) bond motifs is 4. The van der Waals surface area contributed by atoms with Crippen molar-refractivity contribution in [1.29, 1.82) is 0 Å². The Labute approximate surface area is 225 Å². The first-order valence-electron chi connectivity index (χ1n) is 13.5. The van der Waals surface area contributed by atoms with Crippen molar-refractivity contribution in [3.8, 4) is 11.1 Å². The van der Waals surface area contributed by atoms with Crippen LogP contribution in [0.3, 0.4) is 0 Å². The number of amides is 1. The molecule has 0 spiro atoms. The third-order valence-corrected chi connectivity index (χ3v) is 8.04. The second-order valence-corrected chi connectivity index (χ2v) is 10.8. The van der Waals surface area contributed by atoms with Crippen molar-refractivity contribution in [1.82, 2.24) is 19.3 Å². The number of aromatic nitrogens is 4. The molecule has 10 nitrogen and oxygen atoms in total. The van der Waals surface area contributed by atoms with Crippen LogP contribution in [0.1, 0.15) is 37.4 Å². The number of benzene rings is 1. The molecule has 2 fully saturated rings. The average molecular weight is 526 g/mol. The second kappa shape index (κ2) is 9.23. The summed E-state index contributed by atoms with van der Waals surface area (Å²) in [6.07, 6.45) is 7.42. The predicted molar refractivity (Wildman–Crippen MR) is 150 cm³/mol. The topological polar surface area (TPSA) is 106 Å². The highest BCUT2D eigenvalue weighted by atomic mass is 16.5. The Morgan fingerprint density at radius 3 is 2.67 bits per heavy atom. The van der Waals surface area contributed by atoms with Gasteiger partial charge in [-0.3, -0.25) is 14.3 Å². The third-order valence-electron chi connectivity index (χ3n) is 8.04. The molecule has 7 rings (SSSR count). The van der Waals surface area contributed by atoms with E-state index in [9.17, 15) is 9.59 Å². The molecule has 0 unspecified atom stereocenters. The fourth-order valence-corrected chi connectivity index (χ4v) is 5.81. The van der Waals surface area contributed by atoms with Gasteiger partial charge in [-0.1, -0.05) is 12.1 Å². The molecular weight excluding hydrogens is 494 g/mol. The van der Waals surface area contributed by atoms with E-state index >= 15 is 0 Å². The summed E-state index contributed by atoms with van der Waals surface area (Å²) in [7, 11) is 3.81. The van der Waals surface area contributed by atoms with Crippen molar-refractivity contribution in [2.75, 3.05) is 35.8 Å². The molecule has 4 aromatic rings. The number of ether oxygens (including phenoxy) is 1. The van der Waals surface area contributed by atoms with E-state index in [4.69, 9.17) is 9.84 Å². The average Bonchev–Trinajstić information content (AvgIpc) is 3.71. The number of nitrogens with one attached hydrogen (secondary N) is 2. The van der Waals surface area contributed by atoms with E-state index in [-0.39, 0.29) is 17.4 Å². The van der Waals surface area contributed by atoms with E-state index in [1.807, 2.05) is 18.3 Å². The number of carbonyl (C=O) groups is 1. The van der Waals surface area contributed by atoms with Gasteiger partial charge in [0.1, 0.15) is 5.82 Å². The fourth-order valence-electron chi connectivity index (χ4n) is 5.81. The van der Waals surface area contributed by atoms with Gasteiger partial charge < -0.3 is 24.8 Å². The van der Waals surface area contributed by atoms with Crippen LogP contribution in [0, 0.1) is 5.92 Å². The van der Waals surface area contributed by atoms with Crippen LogP contribution in [0.5, 0.6) is 0 Å². The van der Waals surface area contributed by atoms with Gasteiger partial charge in [0.2, 0.25) is 5.91 Å². The first kappa shape index (κ1) is 23.9.